The molecule has 0 aliphatic carbocycles. The van der Waals surface area contributed by atoms with E-state index in [-0.39, 0.29) is 29.1 Å². The first kappa shape index (κ1) is 22.9. The highest BCUT2D eigenvalue weighted by atomic mass is 31.2. The third-order valence-electron chi connectivity index (χ3n) is 0.595. The first-order chi connectivity index (χ1) is 4.85. The zero-order valence-electron chi connectivity index (χ0n) is 5.83. The number of nitriles is 1. The molecule has 0 rings (SSSR count). The van der Waals surface area contributed by atoms with Crippen LogP contribution in [-0.2, 0) is 13.8 Å². The van der Waals surface area contributed by atoms with Crippen LogP contribution in [-0.4, -0.2) is 21.0 Å². The van der Waals surface area contributed by atoms with Gasteiger partial charge >= 0.3 is 0 Å². The zero-order chi connectivity index (χ0) is 7.82. The molecule has 1 atom stereocenters. The summed E-state index contributed by atoms with van der Waals surface area (Å²) in [5.74, 6) is 0. The van der Waals surface area contributed by atoms with Crippen molar-refractivity contribution < 1.29 is 13.8 Å². The van der Waals surface area contributed by atoms with Crippen molar-refractivity contribution in [1.82, 2.24) is 5.09 Å². The molecule has 0 aliphatic rings. The number of ether oxygens (including phenoxy) is 1. The second kappa shape index (κ2) is 17.6. The molecule has 0 amide bonds. The molecule has 0 bridgehead atoms. The van der Waals surface area contributed by atoms with Gasteiger partial charge in [-0.15, -0.1) is 0 Å². The number of hydrogen-bond donors (Lipinski definition) is 1. The smallest absolute Gasteiger partial charge is 0.298 e. The maximum absolute atomic E-state index is 8.12. The quantitative estimate of drug-likeness (QED) is 0.328. The van der Waals surface area contributed by atoms with Crippen LogP contribution in [0.4, 0.5) is 0 Å². The summed E-state index contributed by atoms with van der Waals surface area (Å²) in [6.45, 7) is 0.119. The fourth-order valence-corrected chi connectivity index (χ4v) is 0.816. The lowest BCUT2D eigenvalue weighted by molar-refractivity contribution is 0.0492. The van der Waals surface area contributed by atoms with E-state index in [2.05, 4.69) is 9.82 Å². The predicted octanol–water partition coefficient (Wildman–Crippen LogP) is 2.46. The van der Waals surface area contributed by atoms with E-state index in [0.717, 1.165) is 0 Å². The Labute approximate surface area is 83.0 Å². The minimum Gasteiger partial charge on any atom is -0.358 e. The van der Waals surface area contributed by atoms with Gasteiger partial charge in [0.05, 0.1) is 0 Å². The predicted molar refractivity (Wildman–Crippen MR) is 55.8 cm³/mol. The molecule has 13 heavy (non-hydrogen) atoms. The summed E-state index contributed by atoms with van der Waals surface area (Å²) in [6.07, 6.45) is 1.70. The topological polar surface area (TPSA) is 63.5 Å². The first-order valence-corrected chi connectivity index (χ1v) is 3.63. The van der Waals surface area contributed by atoms with Crippen LogP contribution in [0, 0.1) is 11.5 Å². The lowest BCUT2D eigenvalue weighted by Gasteiger charge is -2.09. The summed E-state index contributed by atoms with van der Waals surface area (Å²) < 4.78 is 14.2. The van der Waals surface area contributed by atoms with Gasteiger partial charge in [0, 0.05) is 14.2 Å². The molecule has 0 saturated carbocycles. The van der Waals surface area contributed by atoms with Crippen molar-refractivity contribution in [3.8, 4) is 6.19 Å². The Balaban J connectivity index is -0.000000135. The van der Waals surface area contributed by atoms with E-state index in [1.54, 1.807) is 6.19 Å². The monoisotopic (exact) mass is 212 g/mol. The lowest BCUT2D eigenvalue weighted by Crippen LogP contribution is -2.03. The molecule has 0 spiro atoms. The minimum absolute atomic E-state index is 0. The van der Waals surface area contributed by atoms with Crippen molar-refractivity contribution in [3.05, 3.63) is 0 Å². The largest absolute Gasteiger partial charge is 0.358 e. The summed E-state index contributed by atoms with van der Waals surface area (Å²) in [6, 6.07) is 0. The molecule has 1 N–H and O–H groups in total. The molecule has 82 valence electrons. The molecule has 6 heteroatoms. The Bertz CT molecular complexity index is 119. The molecule has 0 aromatic rings. The van der Waals surface area contributed by atoms with E-state index in [9.17, 15) is 0 Å². The molecule has 5 nitrogen and oxygen atoms in total. The molecular formula is C7H21N2O3P. The van der Waals surface area contributed by atoms with E-state index in [1.165, 1.54) is 14.2 Å². The van der Waals surface area contributed by atoms with Crippen LogP contribution in [0.2, 0.25) is 0 Å². The Hall–Kier alpha value is -0.400. The molecule has 0 aromatic carbocycles. The summed E-state index contributed by atoms with van der Waals surface area (Å²) in [5.41, 5.74) is 0. The third-order valence-corrected chi connectivity index (χ3v) is 1.55. The van der Waals surface area contributed by atoms with Gasteiger partial charge in [-0.1, -0.05) is 22.3 Å². The van der Waals surface area contributed by atoms with E-state index in [1.807, 2.05) is 0 Å². The number of hydrogen-bond acceptors (Lipinski definition) is 5. The van der Waals surface area contributed by atoms with E-state index in [4.69, 9.17) is 14.3 Å². The first-order valence-electron chi connectivity index (χ1n) is 2.46. The van der Waals surface area contributed by atoms with Crippen LogP contribution >= 0.6 is 8.53 Å². The van der Waals surface area contributed by atoms with Crippen LogP contribution in [0.3, 0.4) is 0 Å². The normalized spacial score (nSPS) is 9.31. The van der Waals surface area contributed by atoms with E-state index >= 15 is 0 Å². The van der Waals surface area contributed by atoms with Crippen LogP contribution in [0.15, 0.2) is 0 Å². The molecule has 0 heterocycles. The number of nitrogens with one attached hydrogen (secondary N) is 1. The number of methoxy groups -OCH3 is 1. The van der Waals surface area contributed by atoms with Gasteiger partial charge in [-0.05, 0) is 0 Å². The molecule has 0 aromatic heterocycles. The fraction of sp³-hybridized carbons (Fsp3) is 0.857. The molecule has 0 aliphatic heterocycles. The van der Waals surface area contributed by atoms with Gasteiger partial charge in [0.2, 0.25) is 0 Å². The van der Waals surface area contributed by atoms with Crippen LogP contribution in [0.1, 0.15) is 22.3 Å². The molecule has 1 unspecified atom stereocenters. The van der Waals surface area contributed by atoms with Crippen molar-refractivity contribution in [1.29, 1.82) is 5.26 Å². The summed E-state index contributed by atoms with van der Waals surface area (Å²) in [5, 5.41) is 10.4. The number of rotatable bonds is 5. The molecule has 0 radical (unpaired) electrons. The standard InChI is InChI=1S/C4H9N2O3P.3CH4/c1-7-4-9-10(8-2)6-3-5;;;/h6H,4H2,1-2H3;3*1H4. The van der Waals surface area contributed by atoms with Crippen LogP contribution < -0.4 is 5.09 Å². The highest BCUT2D eigenvalue weighted by Gasteiger charge is 2.05. The Morgan fingerprint density at radius 3 is 2.15 bits per heavy atom. The second-order valence-corrected chi connectivity index (χ2v) is 2.56. The summed E-state index contributed by atoms with van der Waals surface area (Å²) in [4.78, 5) is 0. The minimum atomic E-state index is -1.30. The highest BCUT2D eigenvalue weighted by molar-refractivity contribution is 7.45. The molecular weight excluding hydrogens is 191 g/mol. The summed E-state index contributed by atoms with van der Waals surface area (Å²) in [7, 11) is 1.65. The van der Waals surface area contributed by atoms with Gasteiger partial charge in [-0.25, -0.2) is 0 Å². The Morgan fingerprint density at radius 1 is 1.31 bits per heavy atom. The van der Waals surface area contributed by atoms with E-state index < -0.39 is 8.53 Å². The van der Waals surface area contributed by atoms with Gasteiger partial charge in [0.25, 0.3) is 8.53 Å². The van der Waals surface area contributed by atoms with Crippen molar-refractivity contribution in [2.45, 2.75) is 22.3 Å². The fourth-order valence-electron chi connectivity index (χ4n) is 0.272. The molecule has 0 fully saturated rings. The maximum atomic E-state index is 8.12. The summed E-state index contributed by atoms with van der Waals surface area (Å²) >= 11 is 0. The second-order valence-electron chi connectivity index (χ2n) is 1.20. The van der Waals surface area contributed by atoms with Crippen LogP contribution in [0.5, 0.6) is 0 Å². The SMILES string of the molecule is C.C.C.COCOP(NC#N)OC. The van der Waals surface area contributed by atoms with Crippen molar-refractivity contribution in [2.75, 3.05) is 21.0 Å². The Morgan fingerprint density at radius 2 is 1.85 bits per heavy atom. The highest BCUT2D eigenvalue weighted by Crippen LogP contribution is 2.30. The van der Waals surface area contributed by atoms with Crippen molar-refractivity contribution >= 4 is 8.53 Å². The average Bonchev–Trinajstić information content (AvgIpc) is 1.98. The number of nitrogens with zero attached hydrogens (tertiary/aromatic N) is 1. The van der Waals surface area contributed by atoms with Crippen molar-refractivity contribution in [3.63, 3.8) is 0 Å². The van der Waals surface area contributed by atoms with Gasteiger partial charge in [0.1, 0.15) is 0 Å². The zero-order valence-corrected chi connectivity index (χ0v) is 6.72. The lowest BCUT2D eigenvalue weighted by atomic mass is 11.4. The third kappa shape index (κ3) is 14.5. The van der Waals surface area contributed by atoms with Gasteiger partial charge in [0.15, 0.2) is 13.0 Å². The van der Waals surface area contributed by atoms with Gasteiger partial charge in [-0.2, -0.15) is 5.26 Å². The van der Waals surface area contributed by atoms with Crippen LogP contribution in [0.25, 0.3) is 0 Å². The Kier molecular flexibility index (Phi) is 31.1. The van der Waals surface area contributed by atoms with Crippen molar-refractivity contribution in [2.24, 2.45) is 0 Å². The maximum Gasteiger partial charge on any atom is 0.298 e. The average molecular weight is 212 g/mol. The van der Waals surface area contributed by atoms with Gasteiger partial charge < -0.3 is 9.26 Å². The van der Waals surface area contributed by atoms with Gasteiger partial charge in [-0.3, -0.25) is 9.61 Å². The molecule has 0 saturated heterocycles. The van der Waals surface area contributed by atoms with E-state index in [0.29, 0.717) is 0 Å².